The minimum Gasteiger partial charge on any atom is -0.481 e. The summed E-state index contributed by atoms with van der Waals surface area (Å²) < 4.78 is 30.5. The molecule has 0 aliphatic carbocycles. The summed E-state index contributed by atoms with van der Waals surface area (Å²) in [5, 5.41) is 8.63. The summed E-state index contributed by atoms with van der Waals surface area (Å²) in [6.45, 7) is 3.59. The van der Waals surface area contributed by atoms with Gasteiger partial charge in [-0.05, 0) is 32.1 Å². The highest BCUT2D eigenvalue weighted by molar-refractivity contribution is 7.89. The molecule has 0 spiro atoms. The molecule has 7 heteroatoms. The van der Waals surface area contributed by atoms with Gasteiger partial charge in [0.05, 0.1) is 12.4 Å². The maximum absolute atomic E-state index is 12.0. The van der Waals surface area contributed by atoms with Crippen molar-refractivity contribution < 1.29 is 23.1 Å². The first-order valence-electron chi connectivity index (χ1n) is 6.73. The van der Waals surface area contributed by atoms with Gasteiger partial charge in [-0.15, -0.1) is 0 Å². The zero-order valence-corrected chi connectivity index (χ0v) is 12.2. The van der Waals surface area contributed by atoms with Crippen molar-refractivity contribution in [3.63, 3.8) is 0 Å². The van der Waals surface area contributed by atoms with Crippen molar-refractivity contribution in [1.82, 2.24) is 4.31 Å². The molecular weight excluding hydrogens is 270 g/mol. The number of rotatable bonds is 8. The van der Waals surface area contributed by atoms with E-state index in [9.17, 15) is 13.2 Å². The Morgan fingerprint density at radius 1 is 1.37 bits per heavy atom. The summed E-state index contributed by atoms with van der Waals surface area (Å²) in [7, 11) is -3.22. The van der Waals surface area contributed by atoms with Gasteiger partial charge in [-0.1, -0.05) is 0 Å². The largest absolute Gasteiger partial charge is 0.481 e. The van der Waals surface area contributed by atoms with Gasteiger partial charge in [0.15, 0.2) is 0 Å². The second kappa shape index (κ2) is 7.81. The topological polar surface area (TPSA) is 83.9 Å². The van der Waals surface area contributed by atoms with E-state index in [1.807, 2.05) is 6.92 Å². The normalized spacial score (nSPS) is 18.6. The van der Waals surface area contributed by atoms with E-state index >= 15 is 0 Å². The summed E-state index contributed by atoms with van der Waals surface area (Å²) in [6.07, 6.45) is 2.31. The van der Waals surface area contributed by atoms with Crippen LogP contribution in [-0.2, 0) is 19.6 Å². The molecular formula is C12H23NO5S. The van der Waals surface area contributed by atoms with E-state index in [4.69, 9.17) is 9.84 Å². The van der Waals surface area contributed by atoms with Crippen LogP contribution >= 0.6 is 0 Å². The van der Waals surface area contributed by atoms with E-state index in [1.54, 1.807) is 0 Å². The number of carbonyl (C=O) groups is 1. The zero-order chi connectivity index (χ0) is 14.3. The van der Waals surface area contributed by atoms with Crippen LogP contribution in [0.3, 0.4) is 0 Å². The van der Waals surface area contributed by atoms with Gasteiger partial charge in [0, 0.05) is 26.1 Å². The van der Waals surface area contributed by atoms with Crippen LogP contribution in [0, 0.1) is 5.92 Å². The Balaban J connectivity index is 2.34. The van der Waals surface area contributed by atoms with Gasteiger partial charge in [-0.2, -0.15) is 0 Å². The van der Waals surface area contributed by atoms with Crippen molar-refractivity contribution in [2.75, 3.05) is 32.1 Å². The number of hydrogen-bond acceptors (Lipinski definition) is 4. The average Bonchev–Trinajstić information content (AvgIpc) is 2.37. The van der Waals surface area contributed by atoms with E-state index in [-0.39, 0.29) is 18.8 Å². The molecule has 0 aromatic carbocycles. The Morgan fingerprint density at radius 2 is 2.00 bits per heavy atom. The number of hydrogen-bond donors (Lipinski definition) is 1. The summed E-state index contributed by atoms with van der Waals surface area (Å²) in [6, 6.07) is 0. The Bertz CT molecular complexity index is 374. The molecule has 1 fully saturated rings. The molecule has 1 rings (SSSR count). The third-order valence-electron chi connectivity index (χ3n) is 3.42. The predicted octanol–water partition coefficient (Wildman–Crippen LogP) is 0.929. The summed E-state index contributed by atoms with van der Waals surface area (Å²) in [5.41, 5.74) is 0. The van der Waals surface area contributed by atoms with Gasteiger partial charge < -0.3 is 9.84 Å². The first-order chi connectivity index (χ1) is 8.95. The number of ether oxygens (including phenoxy) is 1. The minimum absolute atomic E-state index is 0.0284. The quantitative estimate of drug-likeness (QED) is 0.673. The number of sulfonamides is 1. The third kappa shape index (κ3) is 5.88. The van der Waals surface area contributed by atoms with Gasteiger partial charge in [0.2, 0.25) is 10.0 Å². The fourth-order valence-corrected chi connectivity index (χ4v) is 3.60. The molecule has 19 heavy (non-hydrogen) atoms. The van der Waals surface area contributed by atoms with E-state index in [1.165, 1.54) is 4.31 Å². The lowest BCUT2D eigenvalue weighted by Crippen LogP contribution is -2.40. The number of carboxylic acid groups (broad SMARTS) is 1. The van der Waals surface area contributed by atoms with Crippen LogP contribution in [0.2, 0.25) is 0 Å². The summed E-state index contributed by atoms with van der Waals surface area (Å²) in [5.74, 6) is -0.429. The van der Waals surface area contributed by atoms with Crippen LogP contribution in [-0.4, -0.2) is 55.9 Å². The molecule has 0 atom stereocenters. The van der Waals surface area contributed by atoms with Crippen molar-refractivity contribution >= 4 is 16.0 Å². The fraction of sp³-hybridized carbons (Fsp3) is 0.917. The molecule has 1 saturated heterocycles. The first kappa shape index (κ1) is 16.4. The van der Waals surface area contributed by atoms with Crippen molar-refractivity contribution in [3.8, 4) is 0 Å². The molecule has 1 N–H and O–H groups in total. The number of aliphatic carboxylic acids is 1. The van der Waals surface area contributed by atoms with Crippen molar-refractivity contribution in [1.29, 1.82) is 0 Å². The molecule has 0 bridgehead atoms. The van der Waals surface area contributed by atoms with Crippen LogP contribution in [0.15, 0.2) is 0 Å². The first-order valence-corrected chi connectivity index (χ1v) is 8.34. The minimum atomic E-state index is -3.22. The SMILES string of the molecule is CCOCCS(=O)(=O)N1CCC(CCC(=O)O)CC1. The standard InChI is InChI=1S/C12H23NO5S/c1-2-18-9-10-19(16,17)13-7-5-11(6-8-13)3-4-12(14)15/h11H,2-10H2,1H3,(H,14,15). The van der Waals surface area contributed by atoms with Crippen molar-refractivity contribution in [3.05, 3.63) is 0 Å². The molecule has 0 aromatic rings. The van der Waals surface area contributed by atoms with Gasteiger partial charge in [0.25, 0.3) is 0 Å². The maximum atomic E-state index is 12.0. The Hall–Kier alpha value is -0.660. The monoisotopic (exact) mass is 293 g/mol. The van der Waals surface area contributed by atoms with Crippen molar-refractivity contribution in [2.45, 2.75) is 32.6 Å². The lowest BCUT2D eigenvalue weighted by molar-refractivity contribution is -0.137. The summed E-state index contributed by atoms with van der Waals surface area (Å²) >= 11 is 0. The molecule has 0 radical (unpaired) electrons. The highest BCUT2D eigenvalue weighted by Crippen LogP contribution is 2.23. The number of carboxylic acids is 1. The molecule has 1 heterocycles. The molecule has 0 saturated carbocycles. The van der Waals surface area contributed by atoms with E-state index < -0.39 is 16.0 Å². The van der Waals surface area contributed by atoms with Crippen LogP contribution in [0.5, 0.6) is 0 Å². The van der Waals surface area contributed by atoms with E-state index in [0.29, 0.717) is 32.0 Å². The third-order valence-corrected chi connectivity index (χ3v) is 5.26. The lowest BCUT2D eigenvalue weighted by atomic mass is 9.93. The second-order valence-electron chi connectivity index (χ2n) is 4.79. The van der Waals surface area contributed by atoms with Crippen LogP contribution < -0.4 is 0 Å². The Kier molecular flexibility index (Phi) is 6.74. The van der Waals surface area contributed by atoms with Crippen LogP contribution in [0.25, 0.3) is 0 Å². The summed E-state index contributed by atoms with van der Waals surface area (Å²) in [4.78, 5) is 10.5. The lowest BCUT2D eigenvalue weighted by Gasteiger charge is -2.31. The molecule has 0 aromatic heterocycles. The number of piperidine rings is 1. The fourth-order valence-electron chi connectivity index (χ4n) is 2.24. The molecule has 0 unspecified atom stereocenters. The van der Waals surface area contributed by atoms with Gasteiger partial charge >= 0.3 is 5.97 Å². The zero-order valence-electron chi connectivity index (χ0n) is 11.4. The van der Waals surface area contributed by atoms with E-state index in [0.717, 1.165) is 12.8 Å². The average molecular weight is 293 g/mol. The van der Waals surface area contributed by atoms with Gasteiger partial charge in [0.1, 0.15) is 0 Å². The molecule has 1 aliphatic heterocycles. The van der Waals surface area contributed by atoms with E-state index in [2.05, 4.69) is 0 Å². The predicted molar refractivity (Wildman–Crippen MR) is 71.4 cm³/mol. The smallest absolute Gasteiger partial charge is 0.303 e. The Labute approximate surface area is 114 Å². The molecule has 1 aliphatic rings. The molecule has 0 amide bonds. The number of nitrogens with zero attached hydrogens (tertiary/aromatic N) is 1. The second-order valence-corrected chi connectivity index (χ2v) is 6.88. The highest BCUT2D eigenvalue weighted by Gasteiger charge is 2.27. The maximum Gasteiger partial charge on any atom is 0.303 e. The molecule has 6 nitrogen and oxygen atoms in total. The Morgan fingerprint density at radius 3 is 2.53 bits per heavy atom. The highest BCUT2D eigenvalue weighted by atomic mass is 32.2. The van der Waals surface area contributed by atoms with Crippen LogP contribution in [0.1, 0.15) is 32.6 Å². The van der Waals surface area contributed by atoms with Gasteiger partial charge in [-0.3, -0.25) is 4.79 Å². The van der Waals surface area contributed by atoms with Crippen molar-refractivity contribution in [2.24, 2.45) is 5.92 Å². The van der Waals surface area contributed by atoms with Gasteiger partial charge in [-0.25, -0.2) is 12.7 Å². The molecule has 112 valence electrons. The van der Waals surface area contributed by atoms with Crippen LogP contribution in [0.4, 0.5) is 0 Å².